The van der Waals surface area contributed by atoms with E-state index < -0.39 is 0 Å². The van der Waals surface area contributed by atoms with E-state index in [9.17, 15) is 5.11 Å². The van der Waals surface area contributed by atoms with Crippen LogP contribution in [0.4, 0.5) is 11.8 Å². The molecular formula is C13H18N4OS. The highest BCUT2D eigenvalue weighted by atomic mass is 32.1. The zero-order chi connectivity index (χ0) is 13.4. The lowest BCUT2D eigenvalue weighted by Gasteiger charge is -2.38. The summed E-state index contributed by atoms with van der Waals surface area (Å²) in [6.45, 7) is 2.79. The average molecular weight is 278 g/mol. The minimum atomic E-state index is 0.130. The number of fused-ring (bicyclic) bond motifs is 1. The number of aryl methyl sites for hydroxylation is 1. The molecule has 1 saturated carbocycles. The maximum atomic E-state index is 9.30. The highest BCUT2D eigenvalue weighted by molar-refractivity contribution is 7.18. The summed E-state index contributed by atoms with van der Waals surface area (Å²) in [7, 11) is 0. The third kappa shape index (κ3) is 2.26. The Kier molecular flexibility index (Phi) is 3.28. The zero-order valence-electron chi connectivity index (χ0n) is 11.0. The monoisotopic (exact) mass is 278 g/mol. The van der Waals surface area contributed by atoms with Gasteiger partial charge in [-0.05, 0) is 32.3 Å². The number of aliphatic hydroxyl groups is 1. The number of aliphatic hydroxyl groups excluding tert-OH is 1. The average Bonchev–Trinajstić information content (AvgIpc) is 2.65. The standard InChI is InChI=1S/C13H18N4OS/c1-8-7-10-11(15-13(14)16-12(10)19-8)17(5-6-18)9-3-2-4-9/h7,9,18H,2-6H2,1H3,(H2,14,15,16). The molecule has 0 spiro atoms. The molecule has 5 nitrogen and oxygen atoms in total. The largest absolute Gasteiger partial charge is 0.395 e. The number of aromatic nitrogens is 2. The second-order valence-corrected chi connectivity index (χ2v) is 6.22. The Balaban J connectivity index is 2.09. The molecule has 1 fully saturated rings. The third-order valence-corrected chi connectivity index (χ3v) is 4.59. The van der Waals surface area contributed by atoms with E-state index in [-0.39, 0.29) is 6.61 Å². The molecule has 0 radical (unpaired) electrons. The van der Waals surface area contributed by atoms with E-state index in [4.69, 9.17) is 5.73 Å². The van der Waals surface area contributed by atoms with Gasteiger partial charge in [0.15, 0.2) is 0 Å². The quantitative estimate of drug-likeness (QED) is 0.894. The van der Waals surface area contributed by atoms with Crippen molar-refractivity contribution < 1.29 is 5.11 Å². The van der Waals surface area contributed by atoms with Crippen LogP contribution in [0.15, 0.2) is 6.07 Å². The van der Waals surface area contributed by atoms with Crippen molar-refractivity contribution in [3.8, 4) is 0 Å². The van der Waals surface area contributed by atoms with Crippen LogP contribution in [0.3, 0.4) is 0 Å². The smallest absolute Gasteiger partial charge is 0.223 e. The fourth-order valence-corrected chi connectivity index (χ4v) is 3.41. The zero-order valence-corrected chi connectivity index (χ0v) is 11.8. The maximum absolute atomic E-state index is 9.30. The second kappa shape index (κ2) is 4.94. The molecule has 0 aromatic carbocycles. The van der Waals surface area contributed by atoms with Crippen molar-refractivity contribution in [2.45, 2.75) is 32.2 Å². The molecule has 0 bridgehead atoms. The molecule has 0 unspecified atom stereocenters. The van der Waals surface area contributed by atoms with E-state index >= 15 is 0 Å². The van der Waals surface area contributed by atoms with Crippen LogP contribution in [0.2, 0.25) is 0 Å². The van der Waals surface area contributed by atoms with Crippen molar-refractivity contribution in [1.82, 2.24) is 9.97 Å². The summed E-state index contributed by atoms with van der Waals surface area (Å²) in [6, 6.07) is 2.59. The molecule has 102 valence electrons. The molecule has 2 aromatic heterocycles. The first-order chi connectivity index (χ1) is 9.19. The van der Waals surface area contributed by atoms with Gasteiger partial charge >= 0.3 is 0 Å². The predicted molar refractivity (Wildman–Crippen MR) is 78.6 cm³/mol. The van der Waals surface area contributed by atoms with Crippen LogP contribution in [-0.2, 0) is 0 Å². The van der Waals surface area contributed by atoms with Crippen molar-refractivity contribution >= 4 is 33.3 Å². The molecule has 6 heteroatoms. The minimum Gasteiger partial charge on any atom is -0.395 e. The number of hydrogen-bond donors (Lipinski definition) is 2. The van der Waals surface area contributed by atoms with Crippen LogP contribution in [0.1, 0.15) is 24.1 Å². The molecule has 3 N–H and O–H groups in total. The van der Waals surface area contributed by atoms with Gasteiger partial charge in [-0.2, -0.15) is 4.98 Å². The molecule has 0 saturated heterocycles. The van der Waals surface area contributed by atoms with Gasteiger partial charge in [0.25, 0.3) is 0 Å². The van der Waals surface area contributed by atoms with Gasteiger partial charge in [-0.15, -0.1) is 11.3 Å². The first-order valence-corrected chi connectivity index (χ1v) is 7.42. The molecule has 2 heterocycles. The predicted octanol–water partition coefficient (Wildman–Crippen LogP) is 1.93. The fraction of sp³-hybridized carbons (Fsp3) is 0.538. The van der Waals surface area contributed by atoms with Crippen molar-refractivity contribution in [3.05, 3.63) is 10.9 Å². The molecule has 1 aliphatic rings. The van der Waals surface area contributed by atoms with Crippen LogP contribution >= 0.6 is 11.3 Å². The van der Waals surface area contributed by atoms with Crippen LogP contribution in [0.25, 0.3) is 10.2 Å². The molecule has 3 rings (SSSR count). The van der Waals surface area contributed by atoms with Crippen LogP contribution in [0.5, 0.6) is 0 Å². The second-order valence-electron chi connectivity index (χ2n) is 4.98. The molecule has 2 aromatic rings. The first kappa shape index (κ1) is 12.6. The fourth-order valence-electron chi connectivity index (χ4n) is 2.53. The third-order valence-electron chi connectivity index (χ3n) is 3.64. The number of nitrogen functional groups attached to an aromatic ring is 1. The lowest BCUT2D eigenvalue weighted by atomic mass is 9.91. The van der Waals surface area contributed by atoms with E-state index in [1.807, 2.05) is 0 Å². The van der Waals surface area contributed by atoms with E-state index in [0.717, 1.165) is 28.9 Å². The summed E-state index contributed by atoms with van der Waals surface area (Å²) in [4.78, 5) is 13.0. The molecule has 0 amide bonds. The number of nitrogens with zero attached hydrogens (tertiary/aromatic N) is 3. The van der Waals surface area contributed by atoms with Crippen LogP contribution < -0.4 is 10.6 Å². The Labute approximate surface area is 116 Å². The van der Waals surface area contributed by atoms with Gasteiger partial charge in [0.05, 0.1) is 12.0 Å². The Morgan fingerprint density at radius 3 is 2.89 bits per heavy atom. The molecule has 0 aliphatic heterocycles. The van der Waals surface area contributed by atoms with Crippen molar-refractivity contribution in [2.75, 3.05) is 23.8 Å². The maximum Gasteiger partial charge on any atom is 0.223 e. The number of anilines is 2. The summed E-state index contributed by atoms with van der Waals surface area (Å²) in [5, 5.41) is 10.4. The highest BCUT2D eigenvalue weighted by Crippen LogP contribution is 2.35. The van der Waals surface area contributed by atoms with Gasteiger partial charge in [0.2, 0.25) is 5.95 Å². The van der Waals surface area contributed by atoms with Gasteiger partial charge in [0, 0.05) is 17.5 Å². The van der Waals surface area contributed by atoms with Crippen LogP contribution in [-0.4, -0.2) is 34.3 Å². The van der Waals surface area contributed by atoms with Crippen molar-refractivity contribution in [2.24, 2.45) is 0 Å². The van der Waals surface area contributed by atoms with E-state index in [1.165, 1.54) is 11.3 Å². The van der Waals surface area contributed by atoms with Gasteiger partial charge in [-0.3, -0.25) is 0 Å². The number of thiophene rings is 1. The van der Waals surface area contributed by atoms with Gasteiger partial charge < -0.3 is 15.7 Å². The Bertz CT molecular complexity index is 594. The molecule has 1 aliphatic carbocycles. The topological polar surface area (TPSA) is 75.3 Å². The summed E-state index contributed by atoms with van der Waals surface area (Å²) in [5.41, 5.74) is 5.82. The Morgan fingerprint density at radius 1 is 1.47 bits per heavy atom. The van der Waals surface area contributed by atoms with Gasteiger partial charge in [-0.25, -0.2) is 4.98 Å². The van der Waals surface area contributed by atoms with Crippen LogP contribution in [0, 0.1) is 6.92 Å². The molecular weight excluding hydrogens is 260 g/mol. The number of nitrogens with two attached hydrogens (primary N) is 1. The van der Waals surface area contributed by atoms with E-state index in [1.54, 1.807) is 11.3 Å². The van der Waals surface area contributed by atoms with Crippen molar-refractivity contribution in [3.63, 3.8) is 0 Å². The SMILES string of the molecule is Cc1cc2c(N(CCO)C3CCC3)nc(N)nc2s1. The molecule has 0 atom stereocenters. The first-order valence-electron chi connectivity index (χ1n) is 6.60. The number of hydrogen-bond acceptors (Lipinski definition) is 6. The van der Waals surface area contributed by atoms with Gasteiger partial charge in [-0.1, -0.05) is 0 Å². The van der Waals surface area contributed by atoms with Crippen molar-refractivity contribution in [1.29, 1.82) is 0 Å². The summed E-state index contributed by atoms with van der Waals surface area (Å²) < 4.78 is 0. The normalized spacial score (nSPS) is 15.7. The Morgan fingerprint density at radius 2 is 2.26 bits per heavy atom. The molecule has 19 heavy (non-hydrogen) atoms. The minimum absolute atomic E-state index is 0.130. The number of rotatable bonds is 4. The summed E-state index contributed by atoms with van der Waals surface area (Å²) in [5.74, 6) is 1.19. The highest BCUT2D eigenvalue weighted by Gasteiger charge is 2.27. The lowest BCUT2D eigenvalue weighted by Crippen LogP contribution is -2.42. The van der Waals surface area contributed by atoms with E-state index in [0.29, 0.717) is 18.5 Å². The summed E-state index contributed by atoms with van der Waals surface area (Å²) in [6.07, 6.45) is 3.57. The summed E-state index contributed by atoms with van der Waals surface area (Å²) >= 11 is 1.63. The lowest BCUT2D eigenvalue weighted by molar-refractivity contribution is 0.283. The van der Waals surface area contributed by atoms with Gasteiger partial charge in [0.1, 0.15) is 10.6 Å². The Hall–Kier alpha value is -1.40. The van der Waals surface area contributed by atoms with E-state index in [2.05, 4.69) is 27.9 Å².